The molecule has 1 atom stereocenters. The molecular weight excluding hydrogens is 332 g/mol. The molecule has 0 aliphatic rings. The van der Waals surface area contributed by atoms with Gasteiger partial charge in [0, 0.05) is 41.9 Å². The van der Waals surface area contributed by atoms with E-state index in [4.69, 9.17) is 9.84 Å². The van der Waals surface area contributed by atoms with E-state index in [0.29, 0.717) is 22.3 Å². The van der Waals surface area contributed by atoms with Crippen LogP contribution in [0, 0.1) is 17.0 Å². The highest BCUT2D eigenvalue weighted by molar-refractivity contribution is 9.10. The monoisotopic (exact) mass is 346 g/mol. The van der Waals surface area contributed by atoms with Gasteiger partial charge in [-0.1, -0.05) is 0 Å². The molecule has 1 aromatic rings. The Labute approximate surface area is 124 Å². The Kier molecular flexibility index (Phi) is 5.90. The summed E-state index contributed by atoms with van der Waals surface area (Å²) in [7, 11) is 1.49. The maximum atomic E-state index is 11.1. The van der Waals surface area contributed by atoms with Gasteiger partial charge in [0.25, 0.3) is 5.69 Å². The van der Waals surface area contributed by atoms with E-state index in [1.807, 2.05) is 0 Å². The maximum Gasteiger partial charge on any atom is 0.326 e. The molecule has 8 heteroatoms. The van der Waals surface area contributed by atoms with E-state index in [0.717, 1.165) is 0 Å². The third-order valence-electron chi connectivity index (χ3n) is 2.72. The number of nitro benzene ring substituents is 1. The van der Waals surface area contributed by atoms with E-state index >= 15 is 0 Å². The lowest BCUT2D eigenvalue weighted by atomic mass is 10.1. The number of benzene rings is 1. The third kappa shape index (κ3) is 4.17. The number of methoxy groups -OCH3 is 1. The molecule has 0 radical (unpaired) electrons. The third-order valence-corrected chi connectivity index (χ3v) is 3.38. The van der Waals surface area contributed by atoms with Gasteiger partial charge in [0.15, 0.2) is 0 Å². The van der Waals surface area contributed by atoms with Gasteiger partial charge in [-0.15, -0.1) is 0 Å². The molecule has 1 aromatic carbocycles. The van der Waals surface area contributed by atoms with Gasteiger partial charge in [-0.3, -0.25) is 10.1 Å². The molecule has 7 nitrogen and oxygen atoms in total. The Balaban J connectivity index is 2.98. The van der Waals surface area contributed by atoms with Gasteiger partial charge in [-0.25, -0.2) is 4.79 Å². The molecule has 0 bridgehead atoms. The summed E-state index contributed by atoms with van der Waals surface area (Å²) in [4.78, 5) is 21.5. The van der Waals surface area contributed by atoms with Gasteiger partial charge in [0.2, 0.25) is 0 Å². The number of nitrogens with zero attached hydrogens (tertiary/aromatic N) is 1. The second kappa shape index (κ2) is 7.20. The molecule has 2 N–H and O–H groups in total. The van der Waals surface area contributed by atoms with Crippen molar-refractivity contribution in [3.63, 3.8) is 0 Å². The summed E-state index contributed by atoms with van der Waals surface area (Å²) in [5, 5.41) is 22.8. The van der Waals surface area contributed by atoms with Crippen molar-refractivity contribution in [1.82, 2.24) is 0 Å². The number of hydrogen-bond acceptors (Lipinski definition) is 5. The number of carboxylic acids is 1. The normalized spacial score (nSPS) is 11.9. The average molecular weight is 347 g/mol. The lowest BCUT2D eigenvalue weighted by Crippen LogP contribution is -2.30. The van der Waals surface area contributed by atoms with Crippen molar-refractivity contribution < 1.29 is 19.6 Å². The Bertz CT molecular complexity index is 521. The average Bonchev–Trinajstić information content (AvgIpc) is 2.37. The molecule has 0 fully saturated rings. The van der Waals surface area contributed by atoms with Gasteiger partial charge < -0.3 is 15.2 Å². The molecule has 20 heavy (non-hydrogen) atoms. The van der Waals surface area contributed by atoms with Crippen molar-refractivity contribution in [3.05, 3.63) is 32.3 Å². The number of hydrogen-bond donors (Lipinski definition) is 2. The van der Waals surface area contributed by atoms with Gasteiger partial charge in [0.05, 0.1) is 4.92 Å². The predicted octanol–water partition coefficient (Wildman–Crippen LogP) is 2.57. The highest BCUT2D eigenvalue weighted by atomic mass is 79.9. The van der Waals surface area contributed by atoms with E-state index in [-0.39, 0.29) is 12.1 Å². The van der Waals surface area contributed by atoms with E-state index in [9.17, 15) is 14.9 Å². The first kappa shape index (κ1) is 16.4. The summed E-state index contributed by atoms with van der Waals surface area (Å²) < 4.78 is 5.30. The number of carboxylic acid groups (broad SMARTS) is 1. The summed E-state index contributed by atoms with van der Waals surface area (Å²) in [5.74, 6) is -1.01. The molecule has 0 spiro atoms. The quantitative estimate of drug-likeness (QED) is 0.581. The van der Waals surface area contributed by atoms with E-state index in [1.165, 1.54) is 13.2 Å². The Morgan fingerprint density at radius 3 is 2.75 bits per heavy atom. The lowest BCUT2D eigenvalue weighted by Gasteiger charge is -2.17. The number of rotatable bonds is 7. The van der Waals surface area contributed by atoms with E-state index < -0.39 is 16.9 Å². The van der Waals surface area contributed by atoms with Crippen LogP contribution in [0.25, 0.3) is 0 Å². The van der Waals surface area contributed by atoms with Crippen LogP contribution in [0.4, 0.5) is 11.4 Å². The molecule has 0 aromatic heterocycles. The van der Waals surface area contributed by atoms with Crippen molar-refractivity contribution in [2.45, 2.75) is 19.4 Å². The van der Waals surface area contributed by atoms with Crippen LogP contribution in [0.1, 0.15) is 12.0 Å². The second-order valence-electron chi connectivity index (χ2n) is 4.19. The van der Waals surface area contributed by atoms with Crippen LogP contribution in [0.2, 0.25) is 0 Å². The van der Waals surface area contributed by atoms with Crippen molar-refractivity contribution in [2.24, 2.45) is 0 Å². The molecule has 110 valence electrons. The van der Waals surface area contributed by atoms with Crippen LogP contribution in [0.15, 0.2) is 16.6 Å². The fraction of sp³-hybridized carbons (Fsp3) is 0.417. The number of aryl methyl sites for hydroxylation is 1. The van der Waals surface area contributed by atoms with Crippen molar-refractivity contribution in [1.29, 1.82) is 0 Å². The zero-order valence-corrected chi connectivity index (χ0v) is 12.6. The van der Waals surface area contributed by atoms with E-state index in [2.05, 4.69) is 21.2 Å². The predicted molar refractivity (Wildman–Crippen MR) is 77.1 cm³/mol. The van der Waals surface area contributed by atoms with Gasteiger partial charge >= 0.3 is 5.97 Å². The molecule has 0 saturated heterocycles. The SMILES string of the molecule is COCCC(Nc1cc(C)c([N+](=O)[O-])cc1Br)C(=O)O. The number of halogens is 1. The van der Waals surface area contributed by atoms with Crippen molar-refractivity contribution in [2.75, 3.05) is 19.0 Å². The highest BCUT2D eigenvalue weighted by Crippen LogP contribution is 2.31. The molecule has 1 unspecified atom stereocenters. The number of carbonyl (C=O) groups is 1. The molecule has 0 aliphatic carbocycles. The number of aliphatic carboxylic acids is 1. The zero-order chi connectivity index (χ0) is 15.3. The fourth-order valence-electron chi connectivity index (χ4n) is 1.66. The minimum absolute atomic E-state index is 0.0220. The van der Waals surface area contributed by atoms with Crippen LogP contribution in [0.3, 0.4) is 0 Å². The maximum absolute atomic E-state index is 11.1. The zero-order valence-electron chi connectivity index (χ0n) is 11.1. The highest BCUT2D eigenvalue weighted by Gasteiger charge is 2.20. The minimum atomic E-state index is -1.01. The summed E-state index contributed by atoms with van der Waals surface area (Å²) in [5.41, 5.74) is 0.930. The number of ether oxygens (including phenoxy) is 1. The summed E-state index contributed by atoms with van der Waals surface area (Å²) in [6, 6.07) is 2.07. The Hall–Kier alpha value is -1.67. The summed E-state index contributed by atoms with van der Waals surface area (Å²) in [6.07, 6.45) is 0.286. The smallest absolute Gasteiger partial charge is 0.326 e. The summed E-state index contributed by atoms with van der Waals surface area (Å²) >= 11 is 3.20. The first-order valence-corrected chi connectivity index (χ1v) is 6.59. The first-order chi connectivity index (χ1) is 9.36. The van der Waals surface area contributed by atoms with Crippen LogP contribution in [-0.4, -0.2) is 35.8 Å². The minimum Gasteiger partial charge on any atom is -0.480 e. The van der Waals surface area contributed by atoms with Gasteiger partial charge in [0.1, 0.15) is 6.04 Å². The molecule has 0 aliphatic heterocycles. The Morgan fingerprint density at radius 2 is 2.25 bits per heavy atom. The van der Waals surface area contributed by atoms with Crippen LogP contribution < -0.4 is 5.32 Å². The van der Waals surface area contributed by atoms with Crippen molar-refractivity contribution in [3.8, 4) is 0 Å². The first-order valence-electron chi connectivity index (χ1n) is 5.79. The lowest BCUT2D eigenvalue weighted by molar-refractivity contribution is -0.385. The van der Waals surface area contributed by atoms with Crippen LogP contribution >= 0.6 is 15.9 Å². The molecule has 0 amide bonds. The van der Waals surface area contributed by atoms with Crippen LogP contribution in [0.5, 0.6) is 0 Å². The molecular formula is C12H15BrN2O5. The van der Waals surface area contributed by atoms with Gasteiger partial charge in [-0.05, 0) is 28.9 Å². The largest absolute Gasteiger partial charge is 0.480 e. The molecule has 0 saturated carbocycles. The standard InChI is InChI=1S/C12H15BrN2O5/c1-7-5-10(8(13)6-11(7)15(18)19)14-9(12(16)17)3-4-20-2/h5-6,9,14H,3-4H2,1-2H3,(H,16,17). The topological polar surface area (TPSA) is 102 Å². The Morgan fingerprint density at radius 1 is 1.60 bits per heavy atom. The van der Waals surface area contributed by atoms with Crippen LogP contribution in [-0.2, 0) is 9.53 Å². The molecule has 1 rings (SSSR count). The van der Waals surface area contributed by atoms with Gasteiger partial charge in [-0.2, -0.15) is 0 Å². The second-order valence-corrected chi connectivity index (χ2v) is 5.05. The number of nitrogens with one attached hydrogen (secondary N) is 1. The summed E-state index contributed by atoms with van der Waals surface area (Å²) in [6.45, 7) is 1.90. The van der Waals surface area contributed by atoms with Crippen molar-refractivity contribution >= 4 is 33.3 Å². The van der Waals surface area contributed by atoms with E-state index in [1.54, 1.807) is 13.0 Å². The number of anilines is 1. The fourth-order valence-corrected chi connectivity index (χ4v) is 2.10. The molecule has 0 heterocycles. The number of nitro groups is 1.